The maximum atomic E-state index is 14.0. The molecule has 0 N–H and O–H groups in total. The number of carbonyl (C=O) groups is 2. The summed E-state index contributed by atoms with van der Waals surface area (Å²) in [6.07, 6.45) is 2.22. The van der Waals surface area contributed by atoms with E-state index in [1.54, 1.807) is 0 Å². The summed E-state index contributed by atoms with van der Waals surface area (Å²) in [5.74, 6) is -2.24. The van der Waals surface area contributed by atoms with Crippen LogP contribution in [0.5, 0.6) is 0 Å². The SMILES string of the molecule is O=C1CCC(=O)N1C1CC2CCC(C1)N2S(=O)(=O)c1cc(F)ccc1F. The van der Waals surface area contributed by atoms with Gasteiger partial charge in [-0.15, -0.1) is 0 Å². The highest BCUT2D eigenvalue weighted by Crippen LogP contribution is 2.42. The molecule has 0 spiro atoms. The second-order valence-corrected chi connectivity index (χ2v) is 8.89. The van der Waals surface area contributed by atoms with E-state index in [0.717, 1.165) is 12.1 Å². The molecule has 1 aromatic rings. The number of sulfonamides is 1. The summed E-state index contributed by atoms with van der Waals surface area (Å²) < 4.78 is 54.7. The van der Waals surface area contributed by atoms with Gasteiger partial charge in [0.25, 0.3) is 0 Å². The summed E-state index contributed by atoms with van der Waals surface area (Å²) in [5.41, 5.74) is 0. The van der Waals surface area contributed by atoms with Crippen LogP contribution < -0.4 is 0 Å². The summed E-state index contributed by atoms with van der Waals surface area (Å²) in [4.78, 5) is 24.6. The molecule has 0 aromatic heterocycles. The van der Waals surface area contributed by atoms with Gasteiger partial charge in [-0.05, 0) is 43.9 Å². The largest absolute Gasteiger partial charge is 0.279 e. The van der Waals surface area contributed by atoms with E-state index in [-0.39, 0.29) is 30.7 Å². The van der Waals surface area contributed by atoms with E-state index in [9.17, 15) is 26.8 Å². The third-order valence-electron chi connectivity index (χ3n) is 5.55. The van der Waals surface area contributed by atoms with Crippen LogP contribution in [0.4, 0.5) is 8.78 Å². The molecule has 140 valence electrons. The van der Waals surface area contributed by atoms with Crippen LogP contribution in [0.25, 0.3) is 0 Å². The smallest absolute Gasteiger partial charge is 0.246 e. The molecule has 0 radical (unpaired) electrons. The Balaban J connectivity index is 1.63. The van der Waals surface area contributed by atoms with Crippen LogP contribution in [-0.4, -0.2) is 47.6 Å². The molecule has 2 unspecified atom stereocenters. The van der Waals surface area contributed by atoms with Gasteiger partial charge in [-0.2, -0.15) is 4.31 Å². The van der Waals surface area contributed by atoms with Gasteiger partial charge in [0.15, 0.2) is 0 Å². The predicted octanol–water partition coefficient (Wildman–Crippen LogP) is 1.80. The molecular weight excluding hydrogens is 366 g/mol. The van der Waals surface area contributed by atoms with Crippen molar-refractivity contribution in [3.63, 3.8) is 0 Å². The van der Waals surface area contributed by atoms with E-state index in [0.29, 0.717) is 31.7 Å². The Morgan fingerprint density at radius 2 is 1.50 bits per heavy atom. The van der Waals surface area contributed by atoms with Crippen molar-refractivity contribution in [3.8, 4) is 0 Å². The number of fused-ring (bicyclic) bond motifs is 2. The quantitative estimate of drug-likeness (QED) is 0.745. The van der Waals surface area contributed by atoms with E-state index in [2.05, 4.69) is 0 Å². The summed E-state index contributed by atoms with van der Waals surface area (Å²) in [6, 6.07) is 1.21. The summed E-state index contributed by atoms with van der Waals surface area (Å²) in [5, 5.41) is 0. The first kappa shape index (κ1) is 17.5. The van der Waals surface area contributed by atoms with Crippen molar-refractivity contribution >= 4 is 21.8 Å². The Hall–Kier alpha value is -1.87. The third kappa shape index (κ3) is 2.64. The number of rotatable bonds is 3. The van der Waals surface area contributed by atoms with Crippen LogP contribution in [0.3, 0.4) is 0 Å². The molecule has 4 rings (SSSR count). The molecule has 0 saturated carbocycles. The van der Waals surface area contributed by atoms with Gasteiger partial charge < -0.3 is 0 Å². The third-order valence-corrected chi connectivity index (χ3v) is 7.57. The normalized spacial score (nSPS) is 29.6. The van der Waals surface area contributed by atoms with E-state index < -0.39 is 38.6 Å². The highest BCUT2D eigenvalue weighted by Gasteiger charge is 2.51. The maximum Gasteiger partial charge on any atom is 0.246 e. The predicted molar refractivity (Wildman–Crippen MR) is 86.3 cm³/mol. The number of imide groups is 1. The molecule has 2 amide bonds. The Kier molecular flexibility index (Phi) is 4.11. The van der Waals surface area contributed by atoms with Crippen molar-refractivity contribution in [1.29, 1.82) is 0 Å². The average Bonchev–Trinajstić information content (AvgIpc) is 3.06. The molecular formula is C17H18F2N2O4S. The zero-order chi connectivity index (χ0) is 18.6. The van der Waals surface area contributed by atoms with Gasteiger partial charge >= 0.3 is 0 Å². The monoisotopic (exact) mass is 384 g/mol. The standard InChI is InChI=1S/C17H18F2N2O4S/c18-10-1-4-14(19)15(7-10)26(24,25)21-11-2-3-12(21)9-13(8-11)20-16(22)5-6-17(20)23/h1,4,7,11-13H,2-3,5-6,8-9H2. The molecule has 26 heavy (non-hydrogen) atoms. The van der Waals surface area contributed by atoms with E-state index in [1.165, 1.54) is 9.21 Å². The minimum absolute atomic E-state index is 0.196. The lowest BCUT2D eigenvalue weighted by atomic mass is 9.98. The van der Waals surface area contributed by atoms with Gasteiger partial charge in [-0.25, -0.2) is 17.2 Å². The Labute approximate surface area is 149 Å². The second kappa shape index (κ2) is 6.09. The first-order chi connectivity index (χ1) is 12.3. The minimum Gasteiger partial charge on any atom is -0.279 e. The van der Waals surface area contributed by atoms with Gasteiger partial charge in [-0.1, -0.05) is 0 Å². The number of benzene rings is 1. The van der Waals surface area contributed by atoms with Crippen molar-refractivity contribution in [2.45, 2.75) is 61.5 Å². The molecule has 0 aliphatic carbocycles. The van der Waals surface area contributed by atoms with Gasteiger partial charge in [0.2, 0.25) is 21.8 Å². The molecule has 3 aliphatic rings. The number of halogens is 2. The topological polar surface area (TPSA) is 74.8 Å². The lowest BCUT2D eigenvalue weighted by Gasteiger charge is -2.40. The number of amides is 2. The summed E-state index contributed by atoms with van der Waals surface area (Å²) >= 11 is 0. The van der Waals surface area contributed by atoms with Crippen molar-refractivity contribution in [3.05, 3.63) is 29.8 Å². The molecule has 3 aliphatic heterocycles. The molecule has 3 fully saturated rings. The van der Waals surface area contributed by atoms with Crippen molar-refractivity contribution in [1.82, 2.24) is 9.21 Å². The number of carbonyl (C=O) groups excluding carboxylic acids is 2. The minimum atomic E-state index is -4.20. The fourth-order valence-electron chi connectivity index (χ4n) is 4.50. The number of piperidine rings is 1. The maximum absolute atomic E-state index is 14.0. The molecule has 2 bridgehead atoms. The van der Waals surface area contributed by atoms with Crippen molar-refractivity contribution in [2.75, 3.05) is 0 Å². The fraction of sp³-hybridized carbons (Fsp3) is 0.529. The van der Waals surface area contributed by atoms with E-state index in [1.807, 2.05) is 0 Å². The van der Waals surface area contributed by atoms with Crippen LogP contribution in [0, 0.1) is 11.6 Å². The molecule has 1 aromatic carbocycles. The Bertz CT molecular complexity index is 859. The van der Waals surface area contributed by atoms with Gasteiger partial charge in [0.1, 0.15) is 16.5 Å². The van der Waals surface area contributed by atoms with Crippen LogP contribution >= 0.6 is 0 Å². The summed E-state index contributed by atoms with van der Waals surface area (Å²) in [6.45, 7) is 0. The van der Waals surface area contributed by atoms with Crippen molar-refractivity contribution < 1.29 is 26.8 Å². The molecule has 6 nitrogen and oxygen atoms in total. The average molecular weight is 384 g/mol. The van der Waals surface area contributed by atoms with E-state index >= 15 is 0 Å². The lowest BCUT2D eigenvalue weighted by molar-refractivity contribution is -0.142. The lowest BCUT2D eigenvalue weighted by Crippen LogP contribution is -2.53. The van der Waals surface area contributed by atoms with Crippen LogP contribution in [0.15, 0.2) is 23.1 Å². The highest BCUT2D eigenvalue weighted by molar-refractivity contribution is 7.89. The molecule has 9 heteroatoms. The molecule has 2 atom stereocenters. The number of hydrogen-bond donors (Lipinski definition) is 0. The zero-order valence-electron chi connectivity index (χ0n) is 13.9. The second-order valence-electron chi connectivity index (χ2n) is 7.08. The number of likely N-dealkylation sites (tertiary alicyclic amines) is 1. The Morgan fingerprint density at radius 1 is 0.923 bits per heavy atom. The van der Waals surface area contributed by atoms with Crippen LogP contribution in [-0.2, 0) is 19.6 Å². The first-order valence-electron chi connectivity index (χ1n) is 8.62. The van der Waals surface area contributed by atoms with Crippen molar-refractivity contribution in [2.24, 2.45) is 0 Å². The first-order valence-corrected chi connectivity index (χ1v) is 10.1. The molecule has 3 saturated heterocycles. The van der Waals surface area contributed by atoms with Gasteiger partial charge in [-0.3, -0.25) is 14.5 Å². The molecule has 3 heterocycles. The van der Waals surface area contributed by atoms with Gasteiger partial charge in [0, 0.05) is 31.0 Å². The fourth-order valence-corrected chi connectivity index (χ4v) is 6.47. The number of nitrogens with zero attached hydrogens (tertiary/aromatic N) is 2. The highest BCUT2D eigenvalue weighted by atomic mass is 32.2. The zero-order valence-corrected chi connectivity index (χ0v) is 14.7. The van der Waals surface area contributed by atoms with Crippen LogP contribution in [0.2, 0.25) is 0 Å². The van der Waals surface area contributed by atoms with Gasteiger partial charge in [0.05, 0.1) is 0 Å². The van der Waals surface area contributed by atoms with Crippen LogP contribution in [0.1, 0.15) is 38.5 Å². The number of hydrogen-bond acceptors (Lipinski definition) is 4. The van der Waals surface area contributed by atoms with E-state index in [4.69, 9.17) is 0 Å². The summed E-state index contributed by atoms with van der Waals surface area (Å²) in [7, 11) is -4.20. The Morgan fingerprint density at radius 3 is 2.08 bits per heavy atom.